The number of thiazole rings is 1. The highest BCUT2D eigenvalue weighted by Gasteiger charge is 2.25. The number of aromatic nitrogens is 1. The number of carbonyl (C=O) groups is 1. The molecule has 0 saturated heterocycles. The second kappa shape index (κ2) is 11.7. The molecular weight excluding hydrogens is 565 g/mol. The Labute approximate surface area is 249 Å². The van der Waals surface area contributed by atoms with E-state index in [-0.39, 0.29) is 10.8 Å². The maximum atomic E-state index is 13.6. The minimum atomic E-state index is -3.76. The number of anilines is 1. The molecule has 0 aliphatic rings. The summed E-state index contributed by atoms with van der Waals surface area (Å²) in [5, 5.41) is 13.0. The number of hydrogen-bond acceptors (Lipinski definition) is 6. The molecule has 1 amide bonds. The predicted molar refractivity (Wildman–Crippen MR) is 168 cm³/mol. The number of carbonyl (C=O) groups excluding carboxylic acids is 1. The fourth-order valence-corrected chi connectivity index (χ4v) is 7.07. The van der Waals surface area contributed by atoms with Crippen LogP contribution < -0.4 is 10.0 Å². The van der Waals surface area contributed by atoms with Gasteiger partial charge in [0, 0.05) is 27.9 Å². The van der Waals surface area contributed by atoms with E-state index in [2.05, 4.69) is 16.1 Å². The molecule has 7 nitrogen and oxygen atoms in total. The van der Waals surface area contributed by atoms with Crippen molar-refractivity contribution in [3.63, 3.8) is 0 Å². The normalized spacial score (nSPS) is 11.6. The topological polar surface area (TPSA) is 112 Å². The fraction of sp³-hybridized carbons (Fsp3) is 0.121. The van der Waals surface area contributed by atoms with Gasteiger partial charge in [0.05, 0.1) is 22.2 Å². The molecule has 1 aromatic heterocycles. The van der Waals surface area contributed by atoms with Gasteiger partial charge in [-0.15, -0.1) is 11.3 Å². The van der Waals surface area contributed by atoms with Gasteiger partial charge in [0.1, 0.15) is 9.88 Å². The molecule has 0 atom stereocenters. The van der Waals surface area contributed by atoms with Gasteiger partial charge in [0.15, 0.2) is 0 Å². The SMILES string of the molecule is CC(C)(C)NS(=O)(=O)c1ccccc1-c1ccc(NC(=O)c2sc(-c3ccccc3)nc2-c2cccc(C#N)c2)cc1. The first-order chi connectivity index (χ1) is 20.0. The minimum absolute atomic E-state index is 0.180. The number of hydrogen-bond donors (Lipinski definition) is 2. The van der Waals surface area contributed by atoms with Gasteiger partial charge in [-0.25, -0.2) is 18.1 Å². The zero-order chi connectivity index (χ0) is 29.9. The van der Waals surface area contributed by atoms with Gasteiger partial charge in [-0.1, -0.05) is 72.8 Å². The van der Waals surface area contributed by atoms with Crippen LogP contribution in [0.5, 0.6) is 0 Å². The second-order valence-corrected chi connectivity index (χ2v) is 13.3. The van der Waals surface area contributed by atoms with Crippen molar-refractivity contribution >= 4 is 33.0 Å². The molecule has 0 saturated carbocycles. The van der Waals surface area contributed by atoms with Gasteiger partial charge >= 0.3 is 0 Å². The summed E-state index contributed by atoms with van der Waals surface area (Å²) in [6.07, 6.45) is 0. The first-order valence-corrected chi connectivity index (χ1v) is 15.5. The Morgan fingerprint density at radius 2 is 1.50 bits per heavy atom. The Morgan fingerprint density at radius 1 is 0.833 bits per heavy atom. The van der Waals surface area contributed by atoms with Gasteiger partial charge in [-0.2, -0.15) is 5.26 Å². The molecule has 2 N–H and O–H groups in total. The number of amides is 1. The van der Waals surface area contributed by atoms with E-state index in [1.165, 1.54) is 11.3 Å². The van der Waals surface area contributed by atoms with Crippen LogP contribution in [0.4, 0.5) is 5.69 Å². The van der Waals surface area contributed by atoms with Crippen LogP contribution in [0.25, 0.3) is 33.0 Å². The highest BCUT2D eigenvalue weighted by molar-refractivity contribution is 7.89. The largest absolute Gasteiger partial charge is 0.321 e. The quantitative estimate of drug-likeness (QED) is 0.205. The number of nitrogens with one attached hydrogen (secondary N) is 2. The first-order valence-electron chi connectivity index (χ1n) is 13.2. The van der Waals surface area contributed by atoms with Crippen molar-refractivity contribution in [3.05, 3.63) is 114 Å². The van der Waals surface area contributed by atoms with E-state index in [0.29, 0.717) is 43.5 Å². The van der Waals surface area contributed by atoms with E-state index >= 15 is 0 Å². The van der Waals surface area contributed by atoms with Crippen LogP contribution in [0, 0.1) is 11.3 Å². The molecule has 0 radical (unpaired) electrons. The van der Waals surface area contributed by atoms with Gasteiger partial charge < -0.3 is 5.32 Å². The maximum absolute atomic E-state index is 13.6. The van der Waals surface area contributed by atoms with E-state index in [1.807, 2.05) is 36.4 Å². The molecule has 4 aromatic carbocycles. The van der Waals surface area contributed by atoms with Gasteiger partial charge in [-0.05, 0) is 56.7 Å². The molecule has 5 aromatic rings. The monoisotopic (exact) mass is 592 g/mol. The lowest BCUT2D eigenvalue weighted by Crippen LogP contribution is -2.40. The summed E-state index contributed by atoms with van der Waals surface area (Å²) in [6, 6.07) is 32.6. The number of rotatable bonds is 7. The average molecular weight is 593 g/mol. The lowest BCUT2D eigenvalue weighted by atomic mass is 10.1. The molecule has 0 aliphatic carbocycles. The minimum Gasteiger partial charge on any atom is -0.321 e. The van der Waals surface area contributed by atoms with Crippen LogP contribution >= 0.6 is 11.3 Å². The standard InChI is InChI=1S/C33H28N4O3S2/c1-33(2,3)37-42(39,40)28-15-8-7-14-27(28)23-16-18-26(19-17-23)35-31(38)30-29(25-13-9-10-22(20-25)21-34)36-32(41-30)24-11-5-4-6-12-24/h4-20,37H,1-3H3,(H,35,38). The molecule has 0 aliphatic heterocycles. The predicted octanol–water partition coefficient (Wildman–Crippen LogP) is 7.34. The molecule has 0 bridgehead atoms. The Kier molecular flexibility index (Phi) is 8.05. The summed E-state index contributed by atoms with van der Waals surface area (Å²) in [7, 11) is -3.76. The molecular formula is C33H28N4O3S2. The van der Waals surface area contributed by atoms with E-state index in [4.69, 9.17) is 4.98 Å². The van der Waals surface area contributed by atoms with Crippen LogP contribution in [0.3, 0.4) is 0 Å². The molecule has 5 rings (SSSR count). The van der Waals surface area contributed by atoms with E-state index in [9.17, 15) is 18.5 Å². The highest BCUT2D eigenvalue weighted by Crippen LogP contribution is 2.35. The third kappa shape index (κ3) is 6.47. The Balaban J connectivity index is 1.46. The van der Waals surface area contributed by atoms with Crippen LogP contribution in [-0.4, -0.2) is 24.8 Å². The van der Waals surface area contributed by atoms with Crippen molar-refractivity contribution in [2.45, 2.75) is 31.2 Å². The van der Waals surface area contributed by atoms with Gasteiger partial charge in [0.25, 0.3) is 5.91 Å². The number of benzene rings is 4. The van der Waals surface area contributed by atoms with E-state index < -0.39 is 15.6 Å². The number of nitriles is 1. The molecule has 42 heavy (non-hydrogen) atoms. The van der Waals surface area contributed by atoms with Crippen molar-refractivity contribution in [2.75, 3.05) is 5.32 Å². The molecule has 0 unspecified atom stereocenters. The Morgan fingerprint density at radius 3 is 2.19 bits per heavy atom. The molecule has 9 heteroatoms. The molecule has 210 valence electrons. The first kappa shape index (κ1) is 28.9. The summed E-state index contributed by atoms with van der Waals surface area (Å²) in [4.78, 5) is 19.0. The Hall–Kier alpha value is -4.62. The van der Waals surface area contributed by atoms with E-state index in [1.54, 1.807) is 87.5 Å². The summed E-state index contributed by atoms with van der Waals surface area (Å²) in [6.45, 7) is 5.38. The lowest BCUT2D eigenvalue weighted by Gasteiger charge is -2.21. The third-order valence-electron chi connectivity index (χ3n) is 6.19. The van der Waals surface area contributed by atoms with Crippen LogP contribution in [0.2, 0.25) is 0 Å². The molecule has 1 heterocycles. The summed E-state index contributed by atoms with van der Waals surface area (Å²) < 4.78 is 28.9. The summed E-state index contributed by atoms with van der Waals surface area (Å²) in [5.41, 5.74) is 3.70. The number of sulfonamides is 1. The van der Waals surface area contributed by atoms with Crippen molar-refractivity contribution in [1.29, 1.82) is 5.26 Å². The molecule has 0 spiro atoms. The maximum Gasteiger partial charge on any atom is 0.268 e. The van der Waals surface area contributed by atoms with Crippen LogP contribution in [-0.2, 0) is 10.0 Å². The summed E-state index contributed by atoms with van der Waals surface area (Å²) >= 11 is 1.28. The number of nitrogens with zero attached hydrogens (tertiary/aromatic N) is 2. The van der Waals surface area contributed by atoms with Gasteiger partial charge in [-0.3, -0.25) is 4.79 Å². The van der Waals surface area contributed by atoms with Crippen molar-refractivity contribution < 1.29 is 13.2 Å². The van der Waals surface area contributed by atoms with Gasteiger partial charge in [0.2, 0.25) is 10.0 Å². The molecule has 0 fully saturated rings. The van der Waals surface area contributed by atoms with Crippen LogP contribution in [0.1, 0.15) is 36.0 Å². The van der Waals surface area contributed by atoms with Crippen molar-refractivity contribution in [2.24, 2.45) is 0 Å². The second-order valence-electron chi connectivity index (χ2n) is 10.6. The Bertz CT molecular complexity index is 1900. The fourth-order valence-electron chi connectivity index (χ4n) is 4.43. The average Bonchev–Trinajstić information content (AvgIpc) is 3.43. The van der Waals surface area contributed by atoms with Crippen LogP contribution in [0.15, 0.2) is 108 Å². The zero-order valence-corrected chi connectivity index (χ0v) is 24.9. The highest BCUT2D eigenvalue weighted by atomic mass is 32.2. The lowest BCUT2D eigenvalue weighted by molar-refractivity contribution is 0.103. The summed E-state index contributed by atoms with van der Waals surface area (Å²) in [5.74, 6) is -0.336. The zero-order valence-electron chi connectivity index (χ0n) is 23.3. The van der Waals surface area contributed by atoms with Crippen molar-refractivity contribution in [1.82, 2.24) is 9.71 Å². The van der Waals surface area contributed by atoms with Crippen molar-refractivity contribution in [3.8, 4) is 39.0 Å². The third-order valence-corrected chi connectivity index (χ3v) is 9.11. The van der Waals surface area contributed by atoms with E-state index in [0.717, 1.165) is 5.56 Å². The smallest absolute Gasteiger partial charge is 0.268 e.